The van der Waals surface area contributed by atoms with Crippen LogP contribution in [-0.2, 0) is 6.54 Å². The van der Waals surface area contributed by atoms with Crippen LogP contribution in [0.15, 0.2) is 24.3 Å². The first-order chi connectivity index (χ1) is 7.63. The van der Waals surface area contributed by atoms with Crippen LogP contribution in [0.4, 0.5) is 10.5 Å². The number of hydrogen-bond acceptors (Lipinski definition) is 2. The fraction of sp³-hybridized carbons (Fsp3) is 0.417. The molecule has 2 N–H and O–H groups in total. The molecule has 4 heteroatoms. The Morgan fingerprint density at radius 3 is 2.31 bits per heavy atom. The molecule has 1 aromatic rings. The normalized spacial score (nSPS) is 9.69. The fourth-order valence-corrected chi connectivity index (χ4v) is 1.32. The van der Waals surface area contributed by atoms with Crippen molar-refractivity contribution in [3.63, 3.8) is 0 Å². The van der Waals surface area contributed by atoms with Crippen LogP contribution in [0.3, 0.4) is 0 Å². The average Bonchev–Trinajstić information content (AvgIpc) is 2.27. The zero-order valence-electron chi connectivity index (χ0n) is 10.1. The van der Waals surface area contributed by atoms with E-state index < -0.39 is 0 Å². The largest absolute Gasteiger partial charge is 0.378 e. The second-order valence-corrected chi connectivity index (χ2v) is 3.77. The first kappa shape index (κ1) is 12.4. The lowest BCUT2D eigenvalue weighted by Gasteiger charge is -2.13. The van der Waals surface area contributed by atoms with E-state index in [0.29, 0.717) is 13.1 Å². The Morgan fingerprint density at radius 1 is 1.19 bits per heavy atom. The number of hydrogen-bond donors (Lipinski definition) is 2. The molecule has 0 radical (unpaired) electrons. The van der Waals surface area contributed by atoms with Crippen molar-refractivity contribution in [3.8, 4) is 0 Å². The molecule has 16 heavy (non-hydrogen) atoms. The predicted octanol–water partition coefficient (Wildman–Crippen LogP) is 1.57. The van der Waals surface area contributed by atoms with Crippen LogP contribution < -0.4 is 15.5 Å². The van der Waals surface area contributed by atoms with Gasteiger partial charge in [0, 0.05) is 32.9 Å². The van der Waals surface area contributed by atoms with Crippen molar-refractivity contribution in [3.05, 3.63) is 29.8 Å². The third kappa shape index (κ3) is 3.81. The van der Waals surface area contributed by atoms with Gasteiger partial charge in [-0.15, -0.1) is 0 Å². The highest BCUT2D eigenvalue weighted by Gasteiger charge is 1.99. The second-order valence-electron chi connectivity index (χ2n) is 3.77. The molecule has 0 atom stereocenters. The smallest absolute Gasteiger partial charge is 0.315 e. The number of urea groups is 1. The van der Waals surface area contributed by atoms with Crippen LogP contribution in [0.1, 0.15) is 12.5 Å². The summed E-state index contributed by atoms with van der Waals surface area (Å²) in [6.45, 7) is 3.09. The minimum atomic E-state index is -0.126. The standard InChI is InChI=1S/C12H19N3O/c1-4-13-12(16)14-9-10-5-7-11(8-6-10)15(2)3/h5-8H,4,9H2,1-3H3,(H2,13,14,16). The monoisotopic (exact) mass is 221 g/mol. The van der Waals surface area contributed by atoms with E-state index >= 15 is 0 Å². The van der Waals surface area contributed by atoms with Crippen molar-refractivity contribution in [2.24, 2.45) is 0 Å². The summed E-state index contributed by atoms with van der Waals surface area (Å²) in [7, 11) is 4.00. The van der Waals surface area contributed by atoms with Crippen LogP contribution >= 0.6 is 0 Å². The molecule has 0 aliphatic carbocycles. The first-order valence-electron chi connectivity index (χ1n) is 5.41. The number of anilines is 1. The Bertz CT molecular complexity index is 333. The minimum Gasteiger partial charge on any atom is -0.378 e. The molecule has 1 rings (SSSR count). The quantitative estimate of drug-likeness (QED) is 0.810. The Hall–Kier alpha value is -1.71. The molecule has 0 aliphatic heterocycles. The van der Waals surface area contributed by atoms with E-state index in [2.05, 4.69) is 10.6 Å². The molecule has 0 unspecified atom stereocenters. The lowest BCUT2D eigenvalue weighted by atomic mass is 10.2. The summed E-state index contributed by atoms with van der Waals surface area (Å²) in [5.74, 6) is 0. The van der Waals surface area contributed by atoms with Gasteiger partial charge in [-0.3, -0.25) is 0 Å². The zero-order valence-corrected chi connectivity index (χ0v) is 10.1. The first-order valence-corrected chi connectivity index (χ1v) is 5.41. The molecular formula is C12H19N3O. The van der Waals surface area contributed by atoms with Gasteiger partial charge in [-0.05, 0) is 24.6 Å². The van der Waals surface area contributed by atoms with Crippen molar-refractivity contribution in [1.29, 1.82) is 0 Å². The highest BCUT2D eigenvalue weighted by atomic mass is 16.2. The lowest BCUT2D eigenvalue weighted by Crippen LogP contribution is -2.34. The van der Waals surface area contributed by atoms with E-state index in [-0.39, 0.29) is 6.03 Å². The number of carbonyl (C=O) groups excluding carboxylic acids is 1. The average molecular weight is 221 g/mol. The van der Waals surface area contributed by atoms with E-state index in [4.69, 9.17) is 0 Å². The third-order valence-electron chi connectivity index (χ3n) is 2.24. The molecule has 0 aliphatic rings. The fourth-order valence-electron chi connectivity index (χ4n) is 1.32. The molecule has 0 aromatic heterocycles. The van der Waals surface area contributed by atoms with Gasteiger partial charge in [-0.2, -0.15) is 0 Å². The van der Waals surface area contributed by atoms with Gasteiger partial charge < -0.3 is 15.5 Å². The minimum absolute atomic E-state index is 0.126. The zero-order chi connectivity index (χ0) is 12.0. The molecule has 0 bridgehead atoms. The van der Waals surface area contributed by atoms with E-state index in [1.807, 2.05) is 50.2 Å². The lowest BCUT2D eigenvalue weighted by molar-refractivity contribution is 0.241. The third-order valence-corrected chi connectivity index (χ3v) is 2.24. The van der Waals surface area contributed by atoms with Crippen molar-refractivity contribution >= 4 is 11.7 Å². The van der Waals surface area contributed by atoms with Crippen molar-refractivity contribution in [2.45, 2.75) is 13.5 Å². The molecule has 0 heterocycles. The number of benzene rings is 1. The summed E-state index contributed by atoms with van der Waals surface area (Å²) in [6.07, 6.45) is 0. The second kappa shape index (κ2) is 6.00. The Balaban J connectivity index is 2.46. The van der Waals surface area contributed by atoms with Crippen LogP contribution in [0.25, 0.3) is 0 Å². The van der Waals surface area contributed by atoms with Crippen molar-refractivity contribution < 1.29 is 4.79 Å². The number of rotatable bonds is 4. The van der Waals surface area contributed by atoms with Gasteiger partial charge in [-0.1, -0.05) is 12.1 Å². The van der Waals surface area contributed by atoms with E-state index in [1.54, 1.807) is 0 Å². The Morgan fingerprint density at radius 2 is 1.81 bits per heavy atom. The highest BCUT2D eigenvalue weighted by molar-refractivity contribution is 5.73. The summed E-state index contributed by atoms with van der Waals surface area (Å²) < 4.78 is 0. The van der Waals surface area contributed by atoms with Gasteiger partial charge in [0.15, 0.2) is 0 Å². The summed E-state index contributed by atoms with van der Waals surface area (Å²) in [5.41, 5.74) is 2.25. The van der Waals surface area contributed by atoms with Crippen LogP contribution in [0.2, 0.25) is 0 Å². The maximum absolute atomic E-state index is 11.2. The summed E-state index contributed by atoms with van der Waals surface area (Å²) in [6, 6.07) is 7.98. The van der Waals surface area contributed by atoms with E-state index in [0.717, 1.165) is 11.3 Å². The molecule has 88 valence electrons. The van der Waals surface area contributed by atoms with Crippen molar-refractivity contribution in [2.75, 3.05) is 25.5 Å². The molecule has 0 saturated carbocycles. The number of nitrogens with one attached hydrogen (secondary N) is 2. The Kier molecular flexibility index (Phi) is 4.64. The summed E-state index contributed by atoms with van der Waals surface area (Å²) >= 11 is 0. The summed E-state index contributed by atoms with van der Waals surface area (Å²) in [4.78, 5) is 13.2. The van der Waals surface area contributed by atoms with Gasteiger partial charge in [0.25, 0.3) is 0 Å². The van der Waals surface area contributed by atoms with Gasteiger partial charge >= 0.3 is 6.03 Å². The Labute approximate surface area is 96.6 Å². The number of nitrogens with zero attached hydrogens (tertiary/aromatic N) is 1. The van der Waals surface area contributed by atoms with Gasteiger partial charge in [0.2, 0.25) is 0 Å². The van der Waals surface area contributed by atoms with E-state index in [9.17, 15) is 4.79 Å². The number of amides is 2. The molecule has 0 fully saturated rings. The van der Waals surface area contributed by atoms with Crippen LogP contribution in [-0.4, -0.2) is 26.7 Å². The molecule has 4 nitrogen and oxygen atoms in total. The van der Waals surface area contributed by atoms with Crippen LogP contribution in [0, 0.1) is 0 Å². The van der Waals surface area contributed by atoms with Gasteiger partial charge in [0.05, 0.1) is 0 Å². The van der Waals surface area contributed by atoms with Crippen LogP contribution in [0.5, 0.6) is 0 Å². The topological polar surface area (TPSA) is 44.4 Å². The maximum atomic E-state index is 11.2. The predicted molar refractivity (Wildman–Crippen MR) is 66.7 cm³/mol. The molecule has 1 aromatic carbocycles. The van der Waals surface area contributed by atoms with Gasteiger partial charge in [-0.25, -0.2) is 4.79 Å². The number of carbonyl (C=O) groups is 1. The maximum Gasteiger partial charge on any atom is 0.315 e. The molecule has 0 spiro atoms. The van der Waals surface area contributed by atoms with E-state index in [1.165, 1.54) is 0 Å². The van der Waals surface area contributed by atoms with Crippen molar-refractivity contribution in [1.82, 2.24) is 10.6 Å². The van der Waals surface area contributed by atoms with Gasteiger partial charge in [0.1, 0.15) is 0 Å². The highest BCUT2D eigenvalue weighted by Crippen LogP contribution is 2.11. The summed E-state index contributed by atoms with van der Waals surface area (Å²) in [5, 5.41) is 5.47. The molecular weight excluding hydrogens is 202 g/mol. The molecule has 0 saturated heterocycles. The molecule has 2 amide bonds. The SMILES string of the molecule is CCNC(=O)NCc1ccc(N(C)C)cc1.